The van der Waals surface area contributed by atoms with Crippen molar-refractivity contribution in [1.29, 1.82) is 0 Å². The quantitative estimate of drug-likeness (QED) is 0.441. The summed E-state index contributed by atoms with van der Waals surface area (Å²) in [6.45, 7) is 4.49. The molecule has 152 valence electrons. The molecule has 2 nitrogen and oxygen atoms in total. The Labute approximate surface area is 180 Å². The average molecular weight is 405 g/mol. The molecule has 2 aromatic rings. The number of thiocarbonyl (C=S) groups is 1. The molecule has 0 aromatic heterocycles. The van der Waals surface area contributed by atoms with E-state index in [4.69, 9.17) is 12.2 Å². The molecule has 0 saturated carbocycles. The molecule has 3 aliphatic heterocycles. The highest BCUT2D eigenvalue weighted by Gasteiger charge is 2.48. The molecule has 0 N–H and O–H groups in total. The maximum absolute atomic E-state index is 6.23. The zero-order valence-electron chi connectivity index (χ0n) is 17.5. The van der Waals surface area contributed by atoms with Crippen LogP contribution in [0.25, 0.3) is 0 Å². The van der Waals surface area contributed by atoms with Crippen molar-refractivity contribution in [1.82, 2.24) is 9.80 Å². The van der Waals surface area contributed by atoms with Crippen LogP contribution >= 0.6 is 12.2 Å². The SMILES string of the molecule is CCCCCC[C@@H]1C(=S)N2CCc3ccccc3[C@H]2N2CCc3ccccc3[C@@H]12. The third-order valence-electron chi connectivity index (χ3n) is 7.29. The molecular formula is C26H32N2S. The number of rotatable bonds is 5. The average Bonchev–Trinajstić information content (AvgIpc) is 2.77. The number of benzene rings is 2. The highest BCUT2D eigenvalue weighted by atomic mass is 32.1. The van der Waals surface area contributed by atoms with Crippen LogP contribution in [0.1, 0.15) is 73.5 Å². The van der Waals surface area contributed by atoms with E-state index in [1.807, 2.05) is 0 Å². The van der Waals surface area contributed by atoms with Crippen LogP contribution < -0.4 is 0 Å². The van der Waals surface area contributed by atoms with Gasteiger partial charge >= 0.3 is 0 Å². The lowest BCUT2D eigenvalue weighted by Crippen LogP contribution is -2.59. The Morgan fingerprint density at radius 1 is 0.862 bits per heavy atom. The minimum atomic E-state index is 0.317. The second-order valence-corrected chi connectivity index (χ2v) is 9.36. The molecule has 0 radical (unpaired) electrons. The van der Waals surface area contributed by atoms with E-state index in [1.165, 1.54) is 59.3 Å². The molecule has 29 heavy (non-hydrogen) atoms. The topological polar surface area (TPSA) is 6.48 Å². The van der Waals surface area contributed by atoms with Crippen molar-refractivity contribution in [3.63, 3.8) is 0 Å². The van der Waals surface area contributed by atoms with Gasteiger partial charge in [0.15, 0.2) is 0 Å². The summed E-state index contributed by atoms with van der Waals surface area (Å²) in [6.07, 6.45) is 9.05. The summed E-state index contributed by atoms with van der Waals surface area (Å²) in [5.41, 5.74) is 6.06. The van der Waals surface area contributed by atoms with E-state index in [0.717, 1.165) is 25.9 Å². The number of unbranched alkanes of at least 4 members (excludes halogenated alkanes) is 3. The highest BCUT2D eigenvalue weighted by Crippen LogP contribution is 2.50. The normalized spacial score (nSPS) is 25.8. The summed E-state index contributed by atoms with van der Waals surface area (Å²) < 4.78 is 0. The molecule has 0 bridgehead atoms. The summed E-state index contributed by atoms with van der Waals surface area (Å²) in [5.74, 6) is 0.463. The van der Waals surface area contributed by atoms with Gasteiger partial charge in [-0.25, -0.2) is 0 Å². The second-order valence-electron chi connectivity index (χ2n) is 8.94. The molecule has 2 aromatic carbocycles. The van der Waals surface area contributed by atoms with E-state index < -0.39 is 0 Å². The van der Waals surface area contributed by atoms with E-state index >= 15 is 0 Å². The Bertz CT molecular complexity index is 892. The van der Waals surface area contributed by atoms with Crippen molar-refractivity contribution >= 4 is 17.2 Å². The lowest BCUT2D eigenvalue weighted by atomic mass is 9.77. The fraction of sp³-hybridized carbons (Fsp3) is 0.500. The predicted octanol–water partition coefficient (Wildman–Crippen LogP) is 6.07. The monoisotopic (exact) mass is 404 g/mol. The van der Waals surface area contributed by atoms with Crippen molar-refractivity contribution < 1.29 is 0 Å². The van der Waals surface area contributed by atoms with Gasteiger partial charge in [0, 0.05) is 25.0 Å². The maximum Gasteiger partial charge on any atom is 0.109 e. The van der Waals surface area contributed by atoms with Gasteiger partial charge in [-0.1, -0.05) is 93.4 Å². The van der Waals surface area contributed by atoms with Crippen LogP contribution in [-0.2, 0) is 12.8 Å². The van der Waals surface area contributed by atoms with Gasteiger partial charge in [0.05, 0.1) is 4.99 Å². The van der Waals surface area contributed by atoms with Crippen LogP contribution in [0.15, 0.2) is 48.5 Å². The Kier molecular flexibility index (Phi) is 5.45. The van der Waals surface area contributed by atoms with Crippen molar-refractivity contribution in [2.45, 2.75) is 64.1 Å². The first-order valence-corrected chi connectivity index (χ1v) is 11.9. The standard InChI is InChI=1S/C26H32N2S/c1-2-3-4-5-14-23-24-21-12-8-6-10-19(21)15-17-27(24)25-22-13-9-7-11-20(22)16-18-28(25)26(23)29/h6-13,23-25H,2-5,14-18H2,1H3/t23-,24-,25-/m0/s1. The lowest BCUT2D eigenvalue weighted by Gasteiger charge is -2.57. The number of nitrogens with zero attached hydrogens (tertiary/aromatic N) is 2. The predicted molar refractivity (Wildman–Crippen MR) is 124 cm³/mol. The molecule has 3 heterocycles. The molecule has 0 unspecified atom stereocenters. The van der Waals surface area contributed by atoms with Crippen LogP contribution in [0.5, 0.6) is 0 Å². The lowest BCUT2D eigenvalue weighted by molar-refractivity contribution is -0.0101. The molecular weight excluding hydrogens is 372 g/mol. The molecule has 0 amide bonds. The summed E-state index contributed by atoms with van der Waals surface area (Å²) in [6, 6.07) is 18.6. The van der Waals surface area contributed by atoms with Gasteiger partial charge in [-0.2, -0.15) is 0 Å². The third kappa shape index (κ3) is 3.33. The second kappa shape index (κ2) is 8.20. The van der Waals surface area contributed by atoms with Gasteiger partial charge in [0.2, 0.25) is 0 Å². The van der Waals surface area contributed by atoms with Crippen LogP contribution in [0.2, 0.25) is 0 Å². The van der Waals surface area contributed by atoms with Gasteiger partial charge < -0.3 is 4.90 Å². The zero-order valence-corrected chi connectivity index (χ0v) is 18.3. The van der Waals surface area contributed by atoms with Crippen molar-refractivity contribution in [2.24, 2.45) is 5.92 Å². The number of fused-ring (bicyclic) bond motifs is 7. The Balaban J connectivity index is 1.55. The molecule has 3 aliphatic rings. The van der Waals surface area contributed by atoms with E-state index in [0.29, 0.717) is 18.1 Å². The molecule has 3 heteroatoms. The number of hydrogen-bond acceptors (Lipinski definition) is 2. The third-order valence-corrected chi connectivity index (χ3v) is 7.82. The van der Waals surface area contributed by atoms with E-state index in [1.54, 1.807) is 0 Å². The van der Waals surface area contributed by atoms with Crippen LogP contribution in [-0.4, -0.2) is 27.9 Å². The molecule has 5 rings (SSSR count). The van der Waals surface area contributed by atoms with Crippen LogP contribution in [0.4, 0.5) is 0 Å². The van der Waals surface area contributed by atoms with Gasteiger partial charge in [-0.15, -0.1) is 0 Å². The fourth-order valence-corrected chi connectivity index (χ4v) is 6.33. The van der Waals surface area contributed by atoms with E-state index in [-0.39, 0.29) is 0 Å². The maximum atomic E-state index is 6.23. The number of hydrogen-bond donors (Lipinski definition) is 0. The fourth-order valence-electron chi connectivity index (χ4n) is 5.89. The first-order chi connectivity index (χ1) is 14.3. The Morgan fingerprint density at radius 3 is 2.34 bits per heavy atom. The largest absolute Gasteiger partial charge is 0.346 e. The minimum Gasteiger partial charge on any atom is -0.346 e. The van der Waals surface area contributed by atoms with Crippen molar-refractivity contribution in [3.05, 3.63) is 70.8 Å². The molecule has 3 atom stereocenters. The first kappa shape index (κ1) is 19.3. The van der Waals surface area contributed by atoms with E-state index in [2.05, 4.69) is 65.3 Å². The van der Waals surface area contributed by atoms with Crippen LogP contribution in [0, 0.1) is 5.92 Å². The smallest absolute Gasteiger partial charge is 0.109 e. The zero-order chi connectivity index (χ0) is 19.8. The molecule has 1 saturated heterocycles. The van der Waals surface area contributed by atoms with Gasteiger partial charge in [0.25, 0.3) is 0 Å². The Hall–Kier alpha value is -1.71. The minimum absolute atomic E-state index is 0.317. The molecule has 1 fully saturated rings. The summed E-state index contributed by atoms with van der Waals surface area (Å²) in [5, 5.41) is 0. The van der Waals surface area contributed by atoms with Crippen molar-refractivity contribution in [2.75, 3.05) is 13.1 Å². The van der Waals surface area contributed by atoms with E-state index in [9.17, 15) is 0 Å². The van der Waals surface area contributed by atoms with Gasteiger partial charge in [-0.05, 0) is 41.5 Å². The Morgan fingerprint density at radius 2 is 1.55 bits per heavy atom. The molecule has 0 spiro atoms. The van der Waals surface area contributed by atoms with Gasteiger partial charge in [-0.3, -0.25) is 4.90 Å². The van der Waals surface area contributed by atoms with Crippen molar-refractivity contribution in [3.8, 4) is 0 Å². The highest BCUT2D eigenvalue weighted by molar-refractivity contribution is 7.80. The summed E-state index contributed by atoms with van der Waals surface area (Å²) in [7, 11) is 0. The first-order valence-electron chi connectivity index (χ1n) is 11.5. The van der Waals surface area contributed by atoms with Gasteiger partial charge in [0.1, 0.15) is 6.17 Å². The summed E-state index contributed by atoms with van der Waals surface area (Å²) >= 11 is 6.23. The van der Waals surface area contributed by atoms with Crippen LogP contribution in [0.3, 0.4) is 0 Å². The summed E-state index contributed by atoms with van der Waals surface area (Å²) in [4.78, 5) is 6.59. The molecule has 0 aliphatic carbocycles.